The number of rotatable bonds is 5. The van der Waals surface area contributed by atoms with Gasteiger partial charge in [0.1, 0.15) is 6.33 Å². The second kappa shape index (κ2) is 6.02. The van der Waals surface area contributed by atoms with Gasteiger partial charge < -0.3 is 10.5 Å². The molecule has 0 spiro atoms. The van der Waals surface area contributed by atoms with Crippen LogP contribution < -0.4 is 15.2 Å². The Balaban J connectivity index is 2.24. The zero-order valence-electron chi connectivity index (χ0n) is 11.1. The first-order valence-electron chi connectivity index (χ1n) is 5.81. The number of nitrogens with two attached hydrogens (primary N) is 1. The van der Waals surface area contributed by atoms with Gasteiger partial charge in [-0.3, -0.25) is 0 Å². The van der Waals surface area contributed by atoms with Gasteiger partial charge in [0, 0.05) is 6.20 Å². The molecule has 112 valence electrons. The molecule has 0 bridgehead atoms. The van der Waals surface area contributed by atoms with Crippen LogP contribution in [0.2, 0.25) is 0 Å². The number of nitrogens with zero attached hydrogens (tertiary/aromatic N) is 2. The summed E-state index contributed by atoms with van der Waals surface area (Å²) in [5.74, 6) is -1.04. The lowest BCUT2D eigenvalue weighted by atomic mass is 10.3. The number of sulfonamides is 1. The monoisotopic (exact) mass is 312 g/mol. The Morgan fingerprint density at radius 3 is 2.76 bits per heavy atom. The molecule has 0 aliphatic rings. The molecule has 3 N–H and O–H groups in total. The van der Waals surface area contributed by atoms with Crippen LogP contribution in [0.4, 0.5) is 10.1 Å². The van der Waals surface area contributed by atoms with E-state index in [1.807, 2.05) is 0 Å². The Hall–Kier alpha value is -2.26. The minimum absolute atomic E-state index is 0.0432. The summed E-state index contributed by atoms with van der Waals surface area (Å²) in [6, 6.07) is 3.53. The third kappa shape index (κ3) is 3.44. The topological polar surface area (TPSA) is 107 Å². The lowest BCUT2D eigenvalue weighted by Crippen LogP contribution is -2.24. The number of nitrogen functional groups attached to an aromatic ring is 1. The van der Waals surface area contributed by atoms with E-state index in [-0.39, 0.29) is 22.9 Å². The van der Waals surface area contributed by atoms with E-state index in [4.69, 9.17) is 10.5 Å². The summed E-state index contributed by atoms with van der Waals surface area (Å²) in [7, 11) is -2.67. The number of benzene rings is 1. The van der Waals surface area contributed by atoms with Crippen LogP contribution in [0.3, 0.4) is 0 Å². The number of hydrogen-bond donors (Lipinski definition) is 2. The van der Waals surface area contributed by atoms with Crippen molar-refractivity contribution in [3.63, 3.8) is 0 Å². The minimum Gasteiger partial charge on any atom is -0.492 e. The number of nitrogens with one attached hydrogen (secondary N) is 1. The Morgan fingerprint density at radius 2 is 2.19 bits per heavy atom. The van der Waals surface area contributed by atoms with Gasteiger partial charge in [-0.05, 0) is 18.2 Å². The number of anilines is 1. The number of aromatic nitrogens is 2. The van der Waals surface area contributed by atoms with Gasteiger partial charge in [0.15, 0.2) is 11.6 Å². The molecule has 0 saturated heterocycles. The van der Waals surface area contributed by atoms with Crippen LogP contribution in [0.1, 0.15) is 5.69 Å². The van der Waals surface area contributed by atoms with E-state index in [0.717, 1.165) is 12.1 Å². The quantitative estimate of drug-likeness (QED) is 0.786. The summed E-state index contributed by atoms with van der Waals surface area (Å²) in [4.78, 5) is 7.32. The third-order valence-corrected chi connectivity index (χ3v) is 4.03. The summed E-state index contributed by atoms with van der Waals surface area (Å²) in [6.45, 7) is -0.0432. The lowest BCUT2D eigenvalue weighted by Gasteiger charge is -2.10. The number of halogens is 1. The van der Waals surface area contributed by atoms with Crippen LogP contribution in [0.25, 0.3) is 0 Å². The predicted molar refractivity (Wildman–Crippen MR) is 73.4 cm³/mol. The first-order chi connectivity index (χ1) is 9.94. The van der Waals surface area contributed by atoms with Crippen LogP contribution in [-0.2, 0) is 16.6 Å². The molecule has 0 saturated carbocycles. The zero-order valence-corrected chi connectivity index (χ0v) is 11.9. The molecule has 2 aromatic rings. The molecule has 9 heteroatoms. The Bertz CT molecular complexity index is 714. The SMILES string of the molecule is COc1c(N)cc(S(=O)(=O)NCc2ccncn2)cc1F. The maximum Gasteiger partial charge on any atom is 0.241 e. The van der Waals surface area contributed by atoms with Crippen LogP contribution in [0.5, 0.6) is 5.75 Å². The van der Waals surface area contributed by atoms with Crippen LogP contribution in [0.15, 0.2) is 35.6 Å². The molecule has 21 heavy (non-hydrogen) atoms. The van der Waals surface area contributed by atoms with E-state index < -0.39 is 15.8 Å². The molecule has 0 atom stereocenters. The van der Waals surface area contributed by atoms with Crippen molar-refractivity contribution in [3.8, 4) is 5.75 Å². The van der Waals surface area contributed by atoms with Gasteiger partial charge in [0.2, 0.25) is 10.0 Å². The number of ether oxygens (including phenoxy) is 1. The van der Waals surface area contributed by atoms with Crippen molar-refractivity contribution >= 4 is 15.7 Å². The molecular weight excluding hydrogens is 299 g/mol. The van der Waals surface area contributed by atoms with Crippen molar-refractivity contribution < 1.29 is 17.5 Å². The van der Waals surface area contributed by atoms with Crippen LogP contribution in [0, 0.1) is 5.82 Å². The molecule has 0 radical (unpaired) electrons. The number of hydrogen-bond acceptors (Lipinski definition) is 6. The highest BCUT2D eigenvalue weighted by Gasteiger charge is 2.19. The fraction of sp³-hybridized carbons (Fsp3) is 0.167. The van der Waals surface area contributed by atoms with E-state index in [2.05, 4.69) is 14.7 Å². The molecule has 0 aliphatic carbocycles. The van der Waals surface area contributed by atoms with Gasteiger partial charge in [-0.2, -0.15) is 0 Å². The Kier molecular flexibility index (Phi) is 4.34. The van der Waals surface area contributed by atoms with Gasteiger partial charge >= 0.3 is 0 Å². The second-order valence-corrected chi connectivity index (χ2v) is 5.82. The normalized spacial score (nSPS) is 11.3. The summed E-state index contributed by atoms with van der Waals surface area (Å²) >= 11 is 0. The highest BCUT2D eigenvalue weighted by Crippen LogP contribution is 2.28. The van der Waals surface area contributed by atoms with Gasteiger partial charge in [-0.1, -0.05) is 0 Å². The molecule has 1 heterocycles. The zero-order chi connectivity index (χ0) is 15.5. The molecular formula is C12H13FN4O3S. The highest BCUT2D eigenvalue weighted by atomic mass is 32.2. The summed E-state index contributed by atoms with van der Waals surface area (Å²) in [5.41, 5.74) is 5.94. The van der Waals surface area contributed by atoms with Gasteiger partial charge in [-0.15, -0.1) is 0 Å². The fourth-order valence-corrected chi connectivity index (χ4v) is 2.68. The van der Waals surface area contributed by atoms with Crippen molar-refractivity contribution in [1.29, 1.82) is 0 Å². The second-order valence-electron chi connectivity index (χ2n) is 4.05. The maximum atomic E-state index is 13.7. The van der Waals surface area contributed by atoms with Crippen LogP contribution in [-0.4, -0.2) is 25.5 Å². The van der Waals surface area contributed by atoms with E-state index in [9.17, 15) is 12.8 Å². The lowest BCUT2D eigenvalue weighted by molar-refractivity contribution is 0.388. The van der Waals surface area contributed by atoms with Crippen molar-refractivity contribution in [2.24, 2.45) is 0 Å². The first-order valence-corrected chi connectivity index (χ1v) is 7.30. The molecule has 0 aliphatic heterocycles. The van der Waals surface area contributed by atoms with Gasteiger partial charge in [0.25, 0.3) is 0 Å². The van der Waals surface area contributed by atoms with Crippen molar-refractivity contribution in [3.05, 3.63) is 42.2 Å². The maximum absolute atomic E-state index is 13.7. The van der Waals surface area contributed by atoms with Crippen molar-refractivity contribution in [2.75, 3.05) is 12.8 Å². The molecule has 1 aromatic heterocycles. The Morgan fingerprint density at radius 1 is 1.43 bits per heavy atom. The smallest absolute Gasteiger partial charge is 0.241 e. The molecule has 0 amide bonds. The molecule has 2 rings (SSSR count). The fourth-order valence-electron chi connectivity index (χ4n) is 1.63. The van der Waals surface area contributed by atoms with E-state index in [0.29, 0.717) is 5.69 Å². The van der Waals surface area contributed by atoms with Crippen molar-refractivity contribution in [1.82, 2.24) is 14.7 Å². The standard InChI is InChI=1S/C12H13FN4O3S/c1-20-12-10(13)4-9(5-11(12)14)21(18,19)17-6-8-2-3-15-7-16-8/h2-5,7,17H,6,14H2,1H3. The minimum atomic E-state index is -3.91. The van der Waals surface area contributed by atoms with Gasteiger partial charge in [-0.25, -0.2) is 27.5 Å². The Labute approximate surface area is 121 Å². The molecule has 0 fully saturated rings. The highest BCUT2D eigenvalue weighted by molar-refractivity contribution is 7.89. The first kappa shape index (κ1) is 15.1. The predicted octanol–water partition coefficient (Wildman–Crippen LogP) is 0.685. The summed E-state index contributed by atoms with van der Waals surface area (Å²) in [6.07, 6.45) is 2.79. The number of methoxy groups -OCH3 is 1. The van der Waals surface area contributed by atoms with E-state index in [1.54, 1.807) is 6.07 Å². The molecule has 1 aromatic carbocycles. The van der Waals surface area contributed by atoms with Gasteiger partial charge in [0.05, 0.1) is 29.9 Å². The van der Waals surface area contributed by atoms with Crippen molar-refractivity contribution in [2.45, 2.75) is 11.4 Å². The van der Waals surface area contributed by atoms with Crippen LogP contribution >= 0.6 is 0 Å². The molecule has 7 nitrogen and oxygen atoms in total. The van der Waals surface area contributed by atoms with E-state index in [1.165, 1.54) is 19.6 Å². The summed E-state index contributed by atoms with van der Waals surface area (Å²) in [5, 5.41) is 0. The third-order valence-electron chi connectivity index (χ3n) is 2.65. The largest absolute Gasteiger partial charge is 0.492 e. The van der Waals surface area contributed by atoms with E-state index >= 15 is 0 Å². The average Bonchev–Trinajstić information content (AvgIpc) is 2.46. The molecule has 0 unspecified atom stereocenters. The summed E-state index contributed by atoms with van der Waals surface area (Å²) < 4.78 is 44.9. The average molecular weight is 312 g/mol.